The number of ether oxygens (including phenoxy) is 1. The van der Waals surface area contributed by atoms with Gasteiger partial charge in [0.2, 0.25) is 5.91 Å². The molecule has 35 heavy (non-hydrogen) atoms. The van der Waals surface area contributed by atoms with Crippen LogP contribution in [0.2, 0.25) is 0 Å². The fraction of sp³-hybridized carbons (Fsp3) is 0.630. The molecule has 1 fully saturated rings. The summed E-state index contributed by atoms with van der Waals surface area (Å²) < 4.78 is 11.4. The summed E-state index contributed by atoms with van der Waals surface area (Å²) >= 11 is 0. The molecule has 0 unspecified atom stereocenters. The fourth-order valence-electron chi connectivity index (χ4n) is 5.30. The average molecular weight is 483 g/mol. The van der Waals surface area contributed by atoms with Gasteiger partial charge in [-0.25, -0.2) is 4.63 Å². The number of hydrogen-bond acceptors (Lipinski definition) is 6. The maximum Gasteiger partial charge on any atom is 0.257 e. The predicted molar refractivity (Wildman–Crippen MR) is 132 cm³/mol. The highest BCUT2D eigenvalue weighted by Gasteiger charge is 2.35. The molecule has 2 amide bonds. The summed E-state index contributed by atoms with van der Waals surface area (Å²) in [5, 5.41) is 7.77. The van der Waals surface area contributed by atoms with Crippen LogP contribution in [-0.2, 0) is 11.2 Å². The molecule has 2 aromatic rings. The predicted octanol–water partition coefficient (Wildman–Crippen LogP) is 4.57. The summed E-state index contributed by atoms with van der Waals surface area (Å²) in [6.07, 6.45) is 9.06. The first kappa shape index (κ1) is 25.2. The van der Waals surface area contributed by atoms with Gasteiger partial charge >= 0.3 is 0 Å². The van der Waals surface area contributed by atoms with Gasteiger partial charge in [-0.2, -0.15) is 0 Å². The normalized spacial score (nSPS) is 22.4. The molecule has 0 N–H and O–H groups in total. The number of rotatable bonds is 3. The van der Waals surface area contributed by atoms with Crippen molar-refractivity contribution in [1.82, 2.24) is 20.1 Å². The number of fused-ring (bicyclic) bond motifs is 2. The maximum atomic E-state index is 13.5. The molecule has 8 heteroatoms. The molecule has 8 nitrogen and oxygen atoms in total. The molecule has 2 aliphatic rings. The highest BCUT2D eigenvalue weighted by Crippen LogP contribution is 2.31. The van der Waals surface area contributed by atoms with Crippen LogP contribution in [0.25, 0.3) is 0 Å². The van der Waals surface area contributed by atoms with Gasteiger partial charge in [0.1, 0.15) is 23.2 Å². The van der Waals surface area contributed by atoms with Crippen molar-refractivity contribution in [2.75, 3.05) is 19.6 Å². The first-order chi connectivity index (χ1) is 17.1. The molecule has 1 saturated carbocycles. The second kappa shape index (κ2) is 12.2. The van der Waals surface area contributed by atoms with E-state index in [4.69, 9.17) is 9.37 Å². The highest BCUT2D eigenvalue weighted by molar-refractivity contribution is 5.97. The van der Waals surface area contributed by atoms with Crippen molar-refractivity contribution < 1.29 is 19.0 Å². The highest BCUT2D eigenvalue weighted by atomic mass is 16.6. The third kappa shape index (κ3) is 6.21. The minimum absolute atomic E-state index is 0.0206. The van der Waals surface area contributed by atoms with Gasteiger partial charge in [0.15, 0.2) is 0 Å². The van der Waals surface area contributed by atoms with E-state index in [9.17, 15) is 9.59 Å². The van der Waals surface area contributed by atoms with Crippen LogP contribution in [0, 0.1) is 6.92 Å². The van der Waals surface area contributed by atoms with E-state index >= 15 is 0 Å². The van der Waals surface area contributed by atoms with Crippen molar-refractivity contribution in [3.05, 3.63) is 41.2 Å². The lowest BCUT2D eigenvalue weighted by atomic mass is 9.90. The molecule has 0 saturated heterocycles. The van der Waals surface area contributed by atoms with Gasteiger partial charge < -0.3 is 14.5 Å². The van der Waals surface area contributed by atoms with Crippen LogP contribution < -0.4 is 4.74 Å². The molecule has 1 aromatic heterocycles. The van der Waals surface area contributed by atoms with E-state index in [1.165, 1.54) is 0 Å². The van der Waals surface area contributed by atoms with E-state index in [0.717, 1.165) is 64.3 Å². The van der Waals surface area contributed by atoms with Gasteiger partial charge in [0, 0.05) is 19.6 Å². The first-order valence-corrected chi connectivity index (χ1v) is 13.2. The lowest BCUT2D eigenvalue weighted by molar-refractivity contribution is -0.136. The molecule has 2 atom stereocenters. The number of carbonyl (C=O) groups is 2. The van der Waals surface area contributed by atoms with Crippen LogP contribution in [-0.4, -0.2) is 63.7 Å². The second-order valence-electron chi connectivity index (χ2n) is 9.72. The molecule has 4 rings (SSSR count). The Kier molecular flexibility index (Phi) is 8.77. The summed E-state index contributed by atoms with van der Waals surface area (Å²) in [4.78, 5) is 30.9. The third-order valence-corrected chi connectivity index (χ3v) is 7.35. The van der Waals surface area contributed by atoms with Crippen molar-refractivity contribution in [2.45, 2.75) is 90.2 Å². The molecule has 1 aliphatic carbocycles. The zero-order chi connectivity index (χ0) is 24.6. The van der Waals surface area contributed by atoms with Crippen molar-refractivity contribution in [1.29, 1.82) is 0 Å². The standard InChI is InChI=1S/C27H38N4O4/c1-3-30-17-11-5-4-6-12-18-31(26(32)19-22-20(2)28-35-29-22)23-14-8-10-16-25(23)34-24-15-9-7-13-21(24)27(30)33/h7,9,13,15,23,25H,3-6,8,10-12,14,16-19H2,1-2H3/t23-,25+/m1/s1. The molecule has 1 aromatic carbocycles. The lowest BCUT2D eigenvalue weighted by Gasteiger charge is -2.40. The number of carbonyl (C=O) groups excluding carboxylic acids is 2. The Balaban J connectivity index is 1.63. The Morgan fingerprint density at radius 2 is 1.74 bits per heavy atom. The number of aryl methyl sites for hydroxylation is 1. The molecule has 2 heterocycles. The van der Waals surface area contributed by atoms with E-state index in [1.807, 2.05) is 47.9 Å². The number of para-hydroxylation sites is 1. The molecular formula is C27H38N4O4. The Morgan fingerprint density at radius 1 is 1.00 bits per heavy atom. The number of benzene rings is 1. The minimum atomic E-state index is -0.154. The van der Waals surface area contributed by atoms with Crippen LogP contribution >= 0.6 is 0 Å². The molecule has 1 aliphatic heterocycles. The van der Waals surface area contributed by atoms with Crippen LogP contribution in [0.5, 0.6) is 5.75 Å². The Bertz CT molecular complexity index is 991. The van der Waals surface area contributed by atoms with E-state index in [1.54, 1.807) is 0 Å². The molecule has 190 valence electrons. The summed E-state index contributed by atoms with van der Waals surface area (Å²) in [5.41, 5.74) is 1.85. The number of nitrogens with zero attached hydrogens (tertiary/aromatic N) is 4. The Hall–Kier alpha value is -2.90. The largest absolute Gasteiger partial charge is 0.487 e. The van der Waals surface area contributed by atoms with Gasteiger partial charge in [-0.3, -0.25) is 9.59 Å². The van der Waals surface area contributed by atoms with Crippen molar-refractivity contribution in [3.8, 4) is 5.75 Å². The lowest BCUT2D eigenvalue weighted by Crippen LogP contribution is -2.51. The Morgan fingerprint density at radius 3 is 2.51 bits per heavy atom. The molecular weight excluding hydrogens is 444 g/mol. The SMILES string of the molecule is CCN1CCCCCCCN(C(=O)Cc2nonc2C)[C@@H]2CCCC[C@@H]2Oc2ccccc2C1=O. The number of aromatic nitrogens is 2. The van der Waals surface area contributed by atoms with Gasteiger partial charge in [-0.05, 0) is 58.1 Å². The molecule has 0 bridgehead atoms. The van der Waals surface area contributed by atoms with E-state index < -0.39 is 0 Å². The van der Waals surface area contributed by atoms with Crippen molar-refractivity contribution >= 4 is 11.8 Å². The van der Waals surface area contributed by atoms with Crippen LogP contribution in [0.3, 0.4) is 0 Å². The summed E-state index contributed by atoms with van der Waals surface area (Å²) in [5.74, 6) is 0.675. The summed E-state index contributed by atoms with van der Waals surface area (Å²) in [6, 6.07) is 7.52. The smallest absolute Gasteiger partial charge is 0.257 e. The van der Waals surface area contributed by atoms with E-state index in [2.05, 4.69) is 10.3 Å². The maximum absolute atomic E-state index is 13.5. The van der Waals surface area contributed by atoms with Gasteiger partial charge in [-0.15, -0.1) is 0 Å². The van der Waals surface area contributed by atoms with Gasteiger partial charge in [-0.1, -0.05) is 48.1 Å². The number of amides is 2. The van der Waals surface area contributed by atoms with E-state index in [0.29, 0.717) is 35.8 Å². The van der Waals surface area contributed by atoms with Crippen LogP contribution in [0.4, 0.5) is 0 Å². The topological polar surface area (TPSA) is 88.8 Å². The molecule has 0 radical (unpaired) electrons. The zero-order valence-corrected chi connectivity index (χ0v) is 21.1. The van der Waals surface area contributed by atoms with E-state index in [-0.39, 0.29) is 30.4 Å². The minimum Gasteiger partial charge on any atom is -0.487 e. The summed E-state index contributed by atoms with van der Waals surface area (Å²) in [6.45, 7) is 5.98. The number of hydrogen-bond donors (Lipinski definition) is 0. The van der Waals surface area contributed by atoms with Crippen molar-refractivity contribution in [3.63, 3.8) is 0 Å². The van der Waals surface area contributed by atoms with Gasteiger partial charge in [0.05, 0.1) is 18.0 Å². The third-order valence-electron chi connectivity index (χ3n) is 7.35. The van der Waals surface area contributed by atoms with Crippen molar-refractivity contribution in [2.24, 2.45) is 0 Å². The Labute approximate surface area is 208 Å². The second-order valence-corrected chi connectivity index (χ2v) is 9.72. The zero-order valence-electron chi connectivity index (χ0n) is 21.1. The molecule has 0 spiro atoms. The summed E-state index contributed by atoms with van der Waals surface area (Å²) in [7, 11) is 0. The average Bonchev–Trinajstić information content (AvgIpc) is 3.27. The van der Waals surface area contributed by atoms with Crippen LogP contribution in [0.15, 0.2) is 28.9 Å². The van der Waals surface area contributed by atoms with Gasteiger partial charge in [0.25, 0.3) is 5.91 Å². The van der Waals surface area contributed by atoms with Crippen LogP contribution in [0.1, 0.15) is 86.5 Å². The monoisotopic (exact) mass is 482 g/mol. The first-order valence-electron chi connectivity index (χ1n) is 13.2. The quantitative estimate of drug-likeness (QED) is 0.637. The fourth-order valence-corrected chi connectivity index (χ4v) is 5.30.